The number of esters is 1. The van der Waals surface area contributed by atoms with Crippen LogP contribution in [0, 0.1) is 24.1 Å². The van der Waals surface area contributed by atoms with Crippen molar-refractivity contribution in [3.05, 3.63) is 64.5 Å². The first-order chi connectivity index (χ1) is 10.0. The van der Waals surface area contributed by atoms with Gasteiger partial charge in [0.05, 0.1) is 17.2 Å². The fourth-order valence-corrected chi connectivity index (χ4v) is 1.85. The predicted molar refractivity (Wildman–Crippen MR) is 75.8 cm³/mol. The Balaban J connectivity index is 2.10. The summed E-state index contributed by atoms with van der Waals surface area (Å²) in [4.78, 5) is 11.9. The highest BCUT2D eigenvalue weighted by Gasteiger charge is 2.16. The Morgan fingerprint density at radius 3 is 2.62 bits per heavy atom. The van der Waals surface area contributed by atoms with Crippen molar-refractivity contribution in [2.24, 2.45) is 0 Å². The average molecular weight is 284 g/mol. The van der Waals surface area contributed by atoms with Gasteiger partial charge in [-0.05, 0) is 42.3 Å². The zero-order valence-electron chi connectivity index (χ0n) is 11.4. The van der Waals surface area contributed by atoms with E-state index in [1.54, 1.807) is 24.3 Å². The largest absolute Gasteiger partial charge is 0.457 e. The molecule has 2 N–H and O–H groups in total. The molecule has 0 saturated carbocycles. The quantitative estimate of drug-likeness (QED) is 0.694. The van der Waals surface area contributed by atoms with E-state index in [0.29, 0.717) is 22.4 Å². The number of hydrogen-bond acceptors (Lipinski definition) is 4. The lowest BCUT2D eigenvalue weighted by atomic mass is 10.1. The highest BCUT2D eigenvalue weighted by Crippen LogP contribution is 2.18. The van der Waals surface area contributed by atoms with E-state index in [-0.39, 0.29) is 12.2 Å². The van der Waals surface area contributed by atoms with Crippen LogP contribution in [0.25, 0.3) is 0 Å². The van der Waals surface area contributed by atoms with Crippen molar-refractivity contribution in [1.82, 2.24) is 0 Å². The Labute approximate surface area is 121 Å². The van der Waals surface area contributed by atoms with Crippen LogP contribution < -0.4 is 5.73 Å². The SMILES string of the molecule is Cc1cc(N)cc(C(=O)OCc2ccc(C#N)cc2)c1F. The van der Waals surface area contributed by atoms with Crippen LogP contribution in [0.5, 0.6) is 0 Å². The number of halogens is 1. The van der Waals surface area contributed by atoms with Gasteiger partial charge in [0.15, 0.2) is 0 Å². The number of anilines is 1. The lowest BCUT2D eigenvalue weighted by Crippen LogP contribution is -2.09. The maximum atomic E-state index is 13.9. The number of nitrogens with two attached hydrogens (primary N) is 1. The Bertz CT molecular complexity index is 718. The van der Waals surface area contributed by atoms with Gasteiger partial charge in [-0.15, -0.1) is 0 Å². The molecule has 0 saturated heterocycles. The molecule has 0 aliphatic heterocycles. The molecule has 0 heterocycles. The van der Waals surface area contributed by atoms with Gasteiger partial charge in [0.1, 0.15) is 12.4 Å². The van der Waals surface area contributed by atoms with Crippen LogP contribution in [-0.4, -0.2) is 5.97 Å². The van der Waals surface area contributed by atoms with Crippen molar-refractivity contribution in [2.75, 3.05) is 5.73 Å². The number of nitrogen functional groups attached to an aromatic ring is 1. The normalized spacial score (nSPS) is 9.95. The van der Waals surface area contributed by atoms with Crippen molar-refractivity contribution in [2.45, 2.75) is 13.5 Å². The number of carbonyl (C=O) groups is 1. The summed E-state index contributed by atoms with van der Waals surface area (Å²) in [5.74, 6) is -1.40. The molecule has 0 aromatic heterocycles. The molecule has 0 aliphatic carbocycles. The summed E-state index contributed by atoms with van der Waals surface area (Å²) in [7, 11) is 0. The number of rotatable bonds is 3. The van der Waals surface area contributed by atoms with E-state index in [9.17, 15) is 9.18 Å². The van der Waals surface area contributed by atoms with Crippen LogP contribution in [0.4, 0.5) is 10.1 Å². The maximum absolute atomic E-state index is 13.9. The maximum Gasteiger partial charge on any atom is 0.341 e. The number of aryl methyl sites for hydroxylation is 1. The van der Waals surface area contributed by atoms with Crippen LogP contribution in [0.3, 0.4) is 0 Å². The molecule has 0 amide bonds. The minimum absolute atomic E-state index is 0.00215. The van der Waals surface area contributed by atoms with E-state index < -0.39 is 11.8 Å². The lowest BCUT2D eigenvalue weighted by Gasteiger charge is -2.08. The smallest absolute Gasteiger partial charge is 0.341 e. The second-order valence-electron chi connectivity index (χ2n) is 4.58. The fourth-order valence-electron chi connectivity index (χ4n) is 1.85. The van der Waals surface area contributed by atoms with Gasteiger partial charge in [-0.3, -0.25) is 0 Å². The lowest BCUT2D eigenvalue weighted by molar-refractivity contribution is 0.0467. The van der Waals surface area contributed by atoms with Crippen LogP contribution in [0.1, 0.15) is 27.0 Å². The standard InChI is InChI=1S/C16H13FN2O2/c1-10-6-13(19)7-14(15(10)17)16(20)21-9-12-4-2-11(8-18)3-5-12/h2-7H,9,19H2,1H3. The summed E-state index contributed by atoms with van der Waals surface area (Å²) in [5, 5.41) is 8.69. The zero-order chi connectivity index (χ0) is 15.4. The number of benzene rings is 2. The van der Waals surface area contributed by atoms with Gasteiger partial charge in [0.2, 0.25) is 0 Å². The molecule has 0 spiro atoms. The third kappa shape index (κ3) is 3.37. The average Bonchev–Trinajstić information content (AvgIpc) is 2.49. The van der Waals surface area contributed by atoms with Gasteiger partial charge < -0.3 is 10.5 Å². The Morgan fingerprint density at radius 1 is 1.33 bits per heavy atom. The van der Waals surface area contributed by atoms with Gasteiger partial charge in [0.25, 0.3) is 0 Å². The predicted octanol–water partition coefficient (Wildman–Crippen LogP) is 2.95. The van der Waals surface area contributed by atoms with Gasteiger partial charge in [-0.25, -0.2) is 9.18 Å². The zero-order valence-corrected chi connectivity index (χ0v) is 11.4. The Kier molecular flexibility index (Phi) is 4.19. The van der Waals surface area contributed by atoms with Crippen molar-refractivity contribution in [1.29, 1.82) is 5.26 Å². The van der Waals surface area contributed by atoms with Gasteiger partial charge in [-0.2, -0.15) is 5.26 Å². The molecule has 0 radical (unpaired) electrons. The summed E-state index contributed by atoms with van der Waals surface area (Å²) < 4.78 is 18.9. The van der Waals surface area contributed by atoms with Crippen LogP contribution >= 0.6 is 0 Å². The van der Waals surface area contributed by atoms with E-state index in [0.717, 1.165) is 0 Å². The van der Waals surface area contributed by atoms with Gasteiger partial charge in [0, 0.05) is 5.69 Å². The first-order valence-corrected chi connectivity index (χ1v) is 6.23. The monoisotopic (exact) mass is 284 g/mol. The topological polar surface area (TPSA) is 76.1 Å². The molecule has 2 aromatic rings. The summed E-state index contributed by atoms with van der Waals surface area (Å²) >= 11 is 0. The minimum Gasteiger partial charge on any atom is -0.457 e. The van der Waals surface area contributed by atoms with Crippen molar-refractivity contribution in [3.8, 4) is 6.07 Å². The molecule has 0 fully saturated rings. The van der Waals surface area contributed by atoms with E-state index in [1.807, 2.05) is 6.07 Å². The summed E-state index contributed by atoms with van der Waals surface area (Å²) in [6, 6.07) is 11.3. The van der Waals surface area contributed by atoms with E-state index >= 15 is 0 Å². The molecule has 0 bridgehead atoms. The van der Waals surface area contributed by atoms with Crippen molar-refractivity contribution < 1.29 is 13.9 Å². The van der Waals surface area contributed by atoms with Crippen molar-refractivity contribution >= 4 is 11.7 Å². The highest BCUT2D eigenvalue weighted by molar-refractivity contribution is 5.91. The third-order valence-electron chi connectivity index (χ3n) is 2.95. The molecule has 106 valence electrons. The fraction of sp³-hybridized carbons (Fsp3) is 0.125. The van der Waals surface area contributed by atoms with Gasteiger partial charge in [-0.1, -0.05) is 12.1 Å². The molecule has 0 atom stereocenters. The molecule has 2 rings (SSSR count). The summed E-state index contributed by atoms with van der Waals surface area (Å²) in [5.41, 5.74) is 7.25. The first-order valence-electron chi connectivity index (χ1n) is 6.23. The van der Waals surface area contributed by atoms with Crippen LogP contribution in [0.15, 0.2) is 36.4 Å². The number of nitrogens with zero attached hydrogens (tertiary/aromatic N) is 1. The molecule has 2 aromatic carbocycles. The van der Waals surface area contributed by atoms with Gasteiger partial charge >= 0.3 is 5.97 Å². The number of nitriles is 1. The minimum atomic E-state index is -0.771. The third-order valence-corrected chi connectivity index (χ3v) is 2.95. The molecular weight excluding hydrogens is 271 g/mol. The first kappa shape index (κ1) is 14.5. The summed E-state index contributed by atoms with van der Waals surface area (Å²) in [6.07, 6.45) is 0. The second kappa shape index (κ2) is 6.06. The molecular formula is C16H13FN2O2. The van der Waals surface area contributed by atoms with E-state index in [4.69, 9.17) is 15.7 Å². The molecule has 4 nitrogen and oxygen atoms in total. The van der Waals surface area contributed by atoms with Crippen LogP contribution in [-0.2, 0) is 11.3 Å². The molecule has 5 heteroatoms. The summed E-state index contributed by atoms with van der Waals surface area (Å²) in [6.45, 7) is 1.53. The number of ether oxygens (including phenoxy) is 1. The molecule has 0 unspecified atom stereocenters. The highest BCUT2D eigenvalue weighted by atomic mass is 19.1. The molecule has 0 aliphatic rings. The van der Waals surface area contributed by atoms with E-state index in [1.165, 1.54) is 19.1 Å². The van der Waals surface area contributed by atoms with Crippen LogP contribution in [0.2, 0.25) is 0 Å². The molecule has 21 heavy (non-hydrogen) atoms. The van der Waals surface area contributed by atoms with Crippen molar-refractivity contribution in [3.63, 3.8) is 0 Å². The Hall–Kier alpha value is -2.87. The number of carbonyl (C=O) groups excluding carboxylic acids is 1. The Morgan fingerprint density at radius 2 is 2.00 bits per heavy atom. The van der Waals surface area contributed by atoms with E-state index in [2.05, 4.69) is 0 Å². The number of hydrogen-bond donors (Lipinski definition) is 1. The second-order valence-corrected chi connectivity index (χ2v) is 4.58.